The monoisotopic (exact) mass is 317 g/mol. The van der Waals surface area contributed by atoms with E-state index in [1.807, 2.05) is 0 Å². The minimum absolute atomic E-state index is 0.541. The van der Waals surface area contributed by atoms with Crippen LogP contribution in [0.5, 0.6) is 0 Å². The maximum Gasteiger partial charge on any atom is 0.0840 e. The minimum atomic E-state index is 0.541. The molecule has 5 nitrogen and oxygen atoms in total. The number of likely N-dealkylation sites (tertiary alicyclic amines) is 1. The SMILES string of the molecule is c1c(CCN2CCCC3(CCC3)C2)nnn1C1CCCNCC1. The van der Waals surface area contributed by atoms with Crippen molar-refractivity contribution in [3.63, 3.8) is 0 Å². The van der Waals surface area contributed by atoms with Gasteiger partial charge in [0.15, 0.2) is 0 Å². The van der Waals surface area contributed by atoms with Gasteiger partial charge in [-0.15, -0.1) is 5.10 Å². The van der Waals surface area contributed by atoms with E-state index in [-0.39, 0.29) is 0 Å². The Hall–Kier alpha value is -0.940. The summed E-state index contributed by atoms with van der Waals surface area (Å²) in [5.41, 5.74) is 1.87. The first-order valence-corrected chi connectivity index (χ1v) is 9.67. The van der Waals surface area contributed by atoms with Crippen LogP contribution in [0.1, 0.15) is 63.1 Å². The van der Waals surface area contributed by atoms with Gasteiger partial charge in [0.25, 0.3) is 0 Å². The number of rotatable bonds is 4. The van der Waals surface area contributed by atoms with Crippen LogP contribution in [-0.4, -0.2) is 52.6 Å². The highest BCUT2D eigenvalue weighted by atomic mass is 15.4. The molecule has 0 amide bonds. The van der Waals surface area contributed by atoms with Crippen molar-refractivity contribution in [1.29, 1.82) is 0 Å². The van der Waals surface area contributed by atoms with Gasteiger partial charge < -0.3 is 10.2 Å². The second-order valence-electron chi connectivity index (χ2n) is 8.01. The van der Waals surface area contributed by atoms with E-state index in [0.717, 1.165) is 26.1 Å². The predicted octanol–water partition coefficient (Wildman–Crippen LogP) is 2.40. The van der Waals surface area contributed by atoms with Crippen LogP contribution in [0.4, 0.5) is 0 Å². The van der Waals surface area contributed by atoms with Gasteiger partial charge in [0.2, 0.25) is 0 Å². The molecule has 128 valence electrons. The summed E-state index contributed by atoms with van der Waals surface area (Å²) < 4.78 is 2.13. The van der Waals surface area contributed by atoms with Gasteiger partial charge in [0, 0.05) is 25.7 Å². The summed E-state index contributed by atoms with van der Waals surface area (Å²) in [6.45, 7) is 6.02. The van der Waals surface area contributed by atoms with Crippen molar-refractivity contribution >= 4 is 0 Å². The number of aromatic nitrogens is 3. The molecule has 1 aliphatic carbocycles. The highest BCUT2D eigenvalue weighted by Gasteiger charge is 2.40. The van der Waals surface area contributed by atoms with Crippen molar-refractivity contribution in [2.45, 2.75) is 63.8 Å². The van der Waals surface area contributed by atoms with Crippen molar-refractivity contribution in [2.24, 2.45) is 5.41 Å². The molecule has 0 aromatic carbocycles. The summed E-state index contributed by atoms with van der Waals surface area (Å²) in [5.74, 6) is 0. The molecule has 1 unspecified atom stereocenters. The Morgan fingerprint density at radius 1 is 1.13 bits per heavy atom. The van der Waals surface area contributed by atoms with Gasteiger partial charge in [0.05, 0.1) is 11.7 Å². The zero-order chi connectivity index (χ0) is 15.5. The van der Waals surface area contributed by atoms with E-state index in [4.69, 9.17) is 0 Å². The molecular weight excluding hydrogens is 286 g/mol. The Labute approximate surface area is 139 Å². The second-order valence-corrected chi connectivity index (χ2v) is 8.01. The number of nitrogens with zero attached hydrogens (tertiary/aromatic N) is 4. The summed E-state index contributed by atoms with van der Waals surface area (Å²) in [6, 6.07) is 0.541. The van der Waals surface area contributed by atoms with E-state index >= 15 is 0 Å². The van der Waals surface area contributed by atoms with Gasteiger partial charge in [0.1, 0.15) is 0 Å². The number of piperidine rings is 1. The molecule has 5 heteroatoms. The smallest absolute Gasteiger partial charge is 0.0840 e. The van der Waals surface area contributed by atoms with E-state index in [9.17, 15) is 0 Å². The summed E-state index contributed by atoms with van der Waals surface area (Å²) in [7, 11) is 0. The highest BCUT2D eigenvalue weighted by Crippen LogP contribution is 2.47. The first kappa shape index (κ1) is 15.6. The molecule has 3 aliphatic rings. The number of nitrogens with one attached hydrogen (secondary N) is 1. The normalized spacial score (nSPS) is 28.4. The van der Waals surface area contributed by atoms with Crippen molar-refractivity contribution in [2.75, 3.05) is 32.7 Å². The lowest BCUT2D eigenvalue weighted by Gasteiger charge is -2.49. The lowest BCUT2D eigenvalue weighted by molar-refractivity contribution is 0.0208. The van der Waals surface area contributed by atoms with Gasteiger partial charge >= 0.3 is 0 Å². The molecule has 2 saturated heterocycles. The van der Waals surface area contributed by atoms with E-state index in [0.29, 0.717) is 11.5 Å². The van der Waals surface area contributed by atoms with E-state index < -0.39 is 0 Å². The first-order valence-electron chi connectivity index (χ1n) is 9.67. The van der Waals surface area contributed by atoms with E-state index in [1.165, 1.54) is 70.2 Å². The molecule has 3 heterocycles. The van der Waals surface area contributed by atoms with E-state index in [1.54, 1.807) is 0 Å². The predicted molar refractivity (Wildman–Crippen MR) is 91.4 cm³/mol. The summed E-state index contributed by atoms with van der Waals surface area (Å²) >= 11 is 0. The zero-order valence-electron chi connectivity index (χ0n) is 14.3. The van der Waals surface area contributed by atoms with Crippen molar-refractivity contribution in [3.8, 4) is 0 Å². The molecule has 1 atom stereocenters. The molecule has 1 aromatic heterocycles. The third kappa shape index (κ3) is 3.61. The molecule has 1 spiro atoms. The van der Waals surface area contributed by atoms with Crippen LogP contribution >= 0.6 is 0 Å². The van der Waals surface area contributed by atoms with E-state index in [2.05, 4.69) is 31.4 Å². The Bertz CT molecular complexity index is 499. The van der Waals surface area contributed by atoms with Crippen LogP contribution in [0.25, 0.3) is 0 Å². The summed E-state index contributed by atoms with van der Waals surface area (Å²) in [6.07, 6.45) is 14.2. The van der Waals surface area contributed by atoms with Gasteiger partial charge in [-0.2, -0.15) is 0 Å². The molecule has 23 heavy (non-hydrogen) atoms. The highest BCUT2D eigenvalue weighted by molar-refractivity contribution is 4.97. The summed E-state index contributed by atoms with van der Waals surface area (Å²) in [4.78, 5) is 2.68. The van der Waals surface area contributed by atoms with Crippen LogP contribution in [0.15, 0.2) is 6.20 Å². The summed E-state index contributed by atoms with van der Waals surface area (Å²) in [5, 5.41) is 12.3. The Kier molecular flexibility index (Phi) is 4.67. The Balaban J connectivity index is 1.29. The van der Waals surface area contributed by atoms with Gasteiger partial charge in [-0.05, 0) is 70.0 Å². The van der Waals surface area contributed by atoms with Crippen LogP contribution in [0.2, 0.25) is 0 Å². The molecule has 0 radical (unpaired) electrons. The van der Waals surface area contributed by atoms with Crippen LogP contribution in [0, 0.1) is 5.41 Å². The lowest BCUT2D eigenvalue weighted by Crippen LogP contribution is -2.47. The first-order chi connectivity index (χ1) is 11.3. The average Bonchev–Trinajstić information content (AvgIpc) is 2.85. The molecular formula is C18H31N5. The maximum atomic E-state index is 4.44. The largest absolute Gasteiger partial charge is 0.317 e. The minimum Gasteiger partial charge on any atom is -0.317 e. The molecule has 4 rings (SSSR count). The fraction of sp³-hybridized carbons (Fsp3) is 0.889. The quantitative estimate of drug-likeness (QED) is 0.926. The topological polar surface area (TPSA) is 46.0 Å². The van der Waals surface area contributed by atoms with Crippen molar-refractivity contribution < 1.29 is 0 Å². The fourth-order valence-electron chi connectivity index (χ4n) is 4.73. The molecule has 1 N–H and O–H groups in total. The molecule has 2 aliphatic heterocycles. The molecule has 3 fully saturated rings. The molecule has 1 aromatic rings. The Morgan fingerprint density at radius 3 is 2.91 bits per heavy atom. The third-order valence-electron chi connectivity index (χ3n) is 6.32. The number of hydrogen-bond donors (Lipinski definition) is 1. The molecule has 1 saturated carbocycles. The van der Waals surface area contributed by atoms with Crippen molar-refractivity contribution in [1.82, 2.24) is 25.2 Å². The lowest BCUT2D eigenvalue weighted by atomic mass is 9.64. The van der Waals surface area contributed by atoms with Crippen molar-refractivity contribution in [3.05, 3.63) is 11.9 Å². The number of hydrogen-bond acceptors (Lipinski definition) is 4. The third-order valence-corrected chi connectivity index (χ3v) is 6.32. The zero-order valence-corrected chi connectivity index (χ0v) is 14.3. The van der Waals surface area contributed by atoms with Crippen LogP contribution in [0.3, 0.4) is 0 Å². The Morgan fingerprint density at radius 2 is 2.04 bits per heavy atom. The fourth-order valence-corrected chi connectivity index (χ4v) is 4.73. The standard InChI is InChI=1S/C18H31N5/c1-4-17(5-11-19-10-1)23-14-16(20-21-23)6-13-22-12-3-9-18(15-22)7-2-8-18/h14,17,19H,1-13,15H2. The second kappa shape index (κ2) is 6.89. The van der Waals surface area contributed by atoms with Crippen LogP contribution in [-0.2, 0) is 6.42 Å². The average molecular weight is 317 g/mol. The van der Waals surface area contributed by atoms with Gasteiger partial charge in [-0.3, -0.25) is 0 Å². The van der Waals surface area contributed by atoms with Gasteiger partial charge in [-0.25, -0.2) is 4.68 Å². The maximum absolute atomic E-state index is 4.44. The molecule has 0 bridgehead atoms. The van der Waals surface area contributed by atoms with Crippen LogP contribution < -0.4 is 5.32 Å². The van der Waals surface area contributed by atoms with Gasteiger partial charge in [-0.1, -0.05) is 11.6 Å².